The van der Waals surface area contributed by atoms with Gasteiger partial charge in [-0.3, -0.25) is 9.11 Å². The van der Waals surface area contributed by atoms with Gasteiger partial charge in [-0.25, -0.2) is 26.3 Å². The molecule has 0 fully saturated rings. The molecule has 2 N–H and O–H groups in total. The fourth-order valence-electron chi connectivity index (χ4n) is 6.53. The monoisotopic (exact) mass is 946 g/mol. The van der Waals surface area contributed by atoms with E-state index < -0.39 is 162 Å². The summed E-state index contributed by atoms with van der Waals surface area (Å²) >= 11 is 0. The van der Waals surface area contributed by atoms with Crippen molar-refractivity contribution in [3.8, 4) is 22.6 Å². The average molecular weight is 947 g/mol. The molecular weight excluding hydrogens is 915 g/mol. The Labute approximate surface area is 344 Å². The Morgan fingerprint density at radius 1 is 0.500 bits per heavy atom. The van der Waals surface area contributed by atoms with Gasteiger partial charge >= 0.3 is 12.4 Å². The fourth-order valence-corrected chi connectivity index (χ4v) is 8.10. The maximum Gasteiger partial charge on any atom is 0.411 e. The van der Waals surface area contributed by atoms with Crippen molar-refractivity contribution in [3.05, 3.63) is 105 Å². The molecule has 8 nitrogen and oxygen atoms in total. The number of hydrogen-bond donors (Lipinski definition) is 2. The van der Waals surface area contributed by atoms with Gasteiger partial charge < -0.3 is 9.47 Å². The van der Waals surface area contributed by atoms with Crippen LogP contribution in [0.5, 0.6) is 11.5 Å². The molecule has 4 aromatic rings. The highest BCUT2D eigenvalue weighted by atomic mass is 32.2. The minimum Gasteiger partial charge on any atom is -0.482 e. The van der Waals surface area contributed by atoms with E-state index in [0.717, 1.165) is 0 Å². The molecule has 62 heavy (non-hydrogen) atoms. The van der Waals surface area contributed by atoms with Gasteiger partial charge in [0.1, 0.15) is 21.8 Å². The second-order valence-corrected chi connectivity index (χ2v) is 18.9. The zero-order chi connectivity index (χ0) is 48.0. The molecule has 0 atom stereocenters. The molecule has 4 aromatic carbocycles. The summed E-state index contributed by atoms with van der Waals surface area (Å²) < 4.78 is 293. The van der Waals surface area contributed by atoms with E-state index in [-0.39, 0.29) is 24.3 Å². The van der Waals surface area contributed by atoms with Crippen LogP contribution in [-0.4, -0.2) is 43.9 Å². The lowest BCUT2D eigenvalue weighted by atomic mass is 9.72. The third kappa shape index (κ3) is 8.66. The number of ether oxygens (including phenoxy) is 2. The van der Waals surface area contributed by atoms with Gasteiger partial charge in [0, 0.05) is 0 Å². The Morgan fingerprint density at radius 2 is 0.871 bits per heavy atom. The van der Waals surface area contributed by atoms with Crippen molar-refractivity contribution in [3.63, 3.8) is 0 Å². The standard InChI is InChI=1S/C38H32F14O8S2/c1-33(2,3)17-11-9-15(13-19(17)61(53,54)55)36(37(47,48)49,38(50,51)52)16-10-12-18(20(14-16)62(56,57)58)59-35(7,8)23-28(43)24(39)21(25(40)29(23)44)22-26(41)30(45)32(31(46)27(22)42)60-34(4,5)6/h9-14H,1-8H3,(H,53,54,55)(H,56,57,58). The third-order valence-electron chi connectivity index (χ3n) is 9.12. The SMILES string of the molecule is CC(C)(C)Oc1c(F)c(F)c(-c2c(F)c(F)c(C(C)(C)Oc3ccc(C(c4ccc(C(C)(C)C)c(S(=O)(=O)O)c4)(C(F)(F)F)C(F)(F)F)cc3S(=O)(=O)O)c(F)c2F)c(F)c1F. The first-order valence-electron chi connectivity index (χ1n) is 17.1. The van der Waals surface area contributed by atoms with Crippen molar-refractivity contribution < 1.29 is 96.9 Å². The molecule has 0 aliphatic rings. The Balaban J connectivity index is 2.02. The molecule has 0 aliphatic carbocycles. The van der Waals surface area contributed by atoms with Crippen molar-refractivity contribution in [1.29, 1.82) is 0 Å². The first kappa shape index (κ1) is 50.0. The molecular formula is C38H32F14O8S2. The van der Waals surface area contributed by atoms with Gasteiger partial charge in [-0.1, -0.05) is 39.0 Å². The molecule has 0 unspecified atom stereocenters. The summed E-state index contributed by atoms with van der Waals surface area (Å²) in [6.07, 6.45) is -13.2. The average Bonchev–Trinajstić information content (AvgIpc) is 3.07. The summed E-state index contributed by atoms with van der Waals surface area (Å²) in [6.45, 7) is 8.31. The van der Waals surface area contributed by atoms with E-state index in [1.165, 1.54) is 41.5 Å². The van der Waals surface area contributed by atoms with Crippen LogP contribution in [-0.2, 0) is 36.7 Å². The summed E-state index contributed by atoms with van der Waals surface area (Å²) in [7, 11) is -11.7. The predicted octanol–water partition coefficient (Wildman–Crippen LogP) is 11.2. The number of benzene rings is 4. The van der Waals surface area contributed by atoms with E-state index in [1.807, 2.05) is 0 Å². The Bertz CT molecular complexity index is 2630. The minimum absolute atomic E-state index is 0.0198. The molecule has 0 amide bonds. The molecule has 0 saturated heterocycles. The quantitative estimate of drug-likeness (QED) is 0.0965. The van der Waals surface area contributed by atoms with Crippen molar-refractivity contribution in [2.75, 3.05) is 0 Å². The molecule has 0 bridgehead atoms. The smallest absolute Gasteiger partial charge is 0.411 e. The van der Waals surface area contributed by atoms with Crippen LogP contribution in [0.1, 0.15) is 77.6 Å². The van der Waals surface area contributed by atoms with Gasteiger partial charge in [-0.15, -0.1) is 0 Å². The van der Waals surface area contributed by atoms with E-state index in [2.05, 4.69) is 0 Å². The highest BCUT2D eigenvalue weighted by Gasteiger charge is 2.73. The van der Waals surface area contributed by atoms with Crippen molar-refractivity contribution in [1.82, 2.24) is 0 Å². The van der Waals surface area contributed by atoms with Gasteiger partial charge in [-0.05, 0) is 74.9 Å². The van der Waals surface area contributed by atoms with Crippen molar-refractivity contribution in [2.24, 2.45) is 0 Å². The molecule has 24 heteroatoms. The Kier molecular flexibility index (Phi) is 12.5. The molecule has 4 rings (SSSR count). The van der Waals surface area contributed by atoms with Crippen LogP contribution >= 0.6 is 0 Å². The second-order valence-electron chi connectivity index (χ2n) is 16.1. The van der Waals surface area contributed by atoms with E-state index in [9.17, 15) is 34.7 Å². The van der Waals surface area contributed by atoms with Crippen LogP contribution in [0.25, 0.3) is 11.1 Å². The molecule has 0 heterocycles. The summed E-state index contributed by atoms with van der Waals surface area (Å²) in [5.41, 5.74) is -22.6. The van der Waals surface area contributed by atoms with Gasteiger partial charge in [0.05, 0.1) is 21.6 Å². The number of hydrogen-bond acceptors (Lipinski definition) is 6. The van der Waals surface area contributed by atoms with Crippen molar-refractivity contribution in [2.45, 2.75) is 99.6 Å². The summed E-state index contributed by atoms with van der Waals surface area (Å²) in [6, 6.07) is -0.0643. The lowest BCUT2D eigenvalue weighted by Crippen LogP contribution is -2.55. The first-order valence-corrected chi connectivity index (χ1v) is 20.0. The largest absolute Gasteiger partial charge is 0.482 e. The normalized spacial score (nSPS) is 13.7. The summed E-state index contributed by atoms with van der Waals surface area (Å²) in [5, 5.41) is 0. The number of alkyl halides is 6. The maximum atomic E-state index is 15.8. The third-order valence-corrected chi connectivity index (χ3v) is 10.9. The lowest BCUT2D eigenvalue weighted by Gasteiger charge is -2.39. The Morgan fingerprint density at radius 3 is 1.23 bits per heavy atom. The first-order chi connectivity index (χ1) is 27.6. The summed E-state index contributed by atoms with van der Waals surface area (Å²) in [4.78, 5) is -3.44. The van der Waals surface area contributed by atoms with E-state index in [4.69, 9.17) is 9.47 Å². The predicted molar refractivity (Wildman–Crippen MR) is 190 cm³/mol. The zero-order valence-corrected chi connectivity index (χ0v) is 34.5. The van der Waals surface area contributed by atoms with Crippen LogP contribution in [0.2, 0.25) is 0 Å². The molecule has 0 aliphatic heterocycles. The zero-order valence-electron chi connectivity index (χ0n) is 32.9. The number of halogens is 14. The molecule has 0 aromatic heterocycles. The van der Waals surface area contributed by atoms with Crippen LogP contribution in [0, 0.1) is 46.5 Å². The lowest BCUT2D eigenvalue weighted by molar-refractivity contribution is -0.288. The van der Waals surface area contributed by atoms with E-state index in [1.54, 1.807) is 0 Å². The van der Waals surface area contributed by atoms with Crippen LogP contribution in [0.15, 0.2) is 46.2 Å². The molecule has 0 saturated carbocycles. The van der Waals surface area contributed by atoms with E-state index >= 15 is 52.7 Å². The second kappa shape index (κ2) is 15.5. The van der Waals surface area contributed by atoms with Crippen LogP contribution < -0.4 is 9.47 Å². The molecule has 0 spiro atoms. The number of rotatable bonds is 9. The van der Waals surface area contributed by atoms with E-state index in [0.29, 0.717) is 19.9 Å². The minimum atomic E-state index is -6.59. The van der Waals surface area contributed by atoms with Crippen LogP contribution in [0.3, 0.4) is 0 Å². The Hall–Kier alpha value is -4.68. The van der Waals surface area contributed by atoms with Gasteiger partial charge in [-0.2, -0.15) is 52.0 Å². The van der Waals surface area contributed by atoms with Gasteiger partial charge in [0.2, 0.25) is 17.0 Å². The van der Waals surface area contributed by atoms with Gasteiger partial charge in [0.15, 0.2) is 40.7 Å². The highest BCUT2D eigenvalue weighted by molar-refractivity contribution is 7.86. The summed E-state index contributed by atoms with van der Waals surface area (Å²) in [5.74, 6) is -24.1. The fraction of sp³-hybridized carbons (Fsp3) is 0.368. The molecule has 342 valence electrons. The topological polar surface area (TPSA) is 127 Å². The van der Waals surface area contributed by atoms with Crippen LogP contribution in [0.4, 0.5) is 61.5 Å². The highest BCUT2D eigenvalue weighted by Crippen LogP contribution is 2.57. The maximum absolute atomic E-state index is 15.8. The van der Waals surface area contributed by atoms with Crippen molar-refractivity contribution >= 4 is 20.2 Å². The van der Waals surface area contributed by atoms with Gasteiger partial charge in [0.25, 0.3) is 20.2 Å². The molecule has 0 radical (unpaired) electrons.